The third-order valence-electron chi connectivity index (χ3n) is 6.38. The van der Waals surface area contributed by atoms with E-state index in [0.717, 1.165) is 15.6 Å². The summed E-state index contributed by atoms with van der Waals surface area (Å²) in [7, 11) is -13.8. The van der Waals surface area contributed by atoms with E-state index in [-0.39, 0.29) is 29.7 Å². The zero-order chi connectivity index (χ0) is 28.1. The lowest BCUT2D eigenvalue weighted by molar-refractivity contribution is 0.248. The van der Waals surface area contributed by atoms with Crippen molar-refractivity contribution >= 4 is 57.9 Å². The van der Waals surface area contributed by atoms with Gasteiger partial charge in [-0.05, 0) is 56.2 Å². The minimum atomic E-state index is -3.60. The van der Waals surface area contributed by atoms with E-state index in [9.17, 15) is 0 Å². The van der Waals surface area contributed by atoms with Gasteiger partial charge >= 0.3 is 17.4 Å². The molecule has 42 heavy (non-hydrogen) atoms. The van der Waals surface area contributed by atoms with Gasteiger partial charge in [0.2, 0.25) is 16.6 Å². The van der Waals surface area contributed by atoms with E-state index in [1.807, 2.05) is 41.7 Å². The molecule has 9 heteroatoms. The van der Waals surface area contributed by atoms with Crippen LogP contribution in [0.3, 0.4) is 0 Å². The molecule has 3 aromatic carbocycles. The standard InChI is InChI=1S/C29H42O4Si5.4CH4/c1-10-34(3,4)30-36(7,8)32-38(31-35(5,6)11-2,29-25-19-14-20-26-29)33-37(9,27-21-15-12-16-22-27)28-23-17-13-18-24-28;;;;/h10-26H,1-2H2,3-9H3;4*1H4. The number of rotatable bonds is 13. The first kappa shape index (κ1) is 42.2. The molecule has 0 aliphatic heterocycles. The monoisotopic (exact) mass is 658 g/mol. The Balaban J connectivity index is 0. The minimum absolute atomic E-state index is 0. The Morgan fingerprint density at radius 1 is 0.452 bits per heavy atom. The molecule has 0 saturated carbocycles. The van der Waals surface area contributed by atoms with Gasteiger partial charge in [0.25, 0.3) is 0 Å². The van der Waals surface area contributed by atoms with Crippen LogP contribution < -0.4 is 15.6 Å². The molecule has 0 aromatic heterocycles. The summed E-state index contributed by atoms with van der Waals surface area (Å²) in [6.07, 6.45) is 0. The summed E-state index contributed by atoms with van der Waals surface area (Å²) in [6.45, 7) is 23.1. The van der Waals surface area contributed by atoms with Gasteiger partial charge in [-0.15, -0.1) is 13.2 Å². The second-order valence-corrected chi connectivity index (χ2v) is 29.3. The molecule has 4 nitrogen and oxygen atoms in total. The van der Waals surface area contributed by atoms with Crippen molar-refractivity contribution in [2.24, 2.45) is 0 Å². The third kappa shape index (κ3) is 10.7. The molecule has 0 heterocycles. The van der Waals surface area contributed by atoms with Gasteiger partial charge in [-0.3, -0.25) is 0 Å². The van der Waals surface area contributed by atoms with Gasteiger partial charge in [-0.2, -0.15) is 0 Å². The molecule has 0 aliphatic rings. The van der Waals surface area contributed by atoms with Gasteiger partial charge in [0.1, 0.15) is 0 Å². The SMILES string of the molecule is C.C.C.C.C=C[Si](C)(C)O[Si](C)(C)O[Si](O[Si](C)(C)C=C)(O[Si](C)(c1ccccc1)c1ccccc1)c1ccccc1. The Morgan fingerprint density at radius 2 is 0.786 bits per heavy atom. The van der Waals surface area contributed by atoms with Gasteiger partial charge in [-0.1, -0.05) is 132 Å². The van der Waals surface area contributed by atoms with E-state index in [2.05, 4.69) is 120 Å². The van der Waals surface area contributed by atoms with E-state index in [1.165, 1.54) is 0 Å². The molecule has 234 valence electrons. The zero-order valence-electron chi connectivity index (χ0n) is 23.9. The summed E-state index contributed by atoms with van der Waals surface area (Å²) in [5.74, 6) is 0. The second kappa shape index (κ2) is 16.8. The van der Waals surface area contributed by atoms with Crippen molar-refractivity contribution in [3.63, 3.8) is 0 Å². The first-order valence-corrected chi connectivity index (χ1v) is 25.9. The van der Waals surface area contributed by atoms with Crippen LogP contribution in [-0.4, -0.2) is 42.3 Å². The van der Waals surface area contributed by atoms with E-state index in [1.54, 1.807) is 0 Å². The molecule has 0 fully saturated rings. The summed E-state index contributed by atoms with van der Waals surface area (Å²) < 4.78 is 28.7. The first-order valence-electron chi connectivity index (χ1n) is 13.0. The van der Waals surface area contributed by atoms with Crippen LogP contribution in [0.2, 0.25) is 45.8 Å². The topological polar surface area (TPSA) is 36.9 Å². The molecule has 0 N–H and O–H groups in total. The molecule has 3 rings (SSSR count). The molecule has 0 spiro atoms. The molecular weight excluding hydrogens is 601 g/mol. The van der Waals surface area contributed by atoms with Crippen LogP contribution in [0.15, 0.2) is 116 Å². The quantitative estimate of drug-likeness (QED) is 0.173. The van der Waals surface area contributed by atoms with Crippen molar-refractivity contribution in [3.05, 3.63) is 116 Å². The lowest BCUT2D eigenvalue weighted by Gasteiger charge is -2.46. The Bertz CT molecular complexity index is 1170. The average molecular weight is 659 g/mol. The van der Waals surface area contributed by atoms with Crippen LogP contribution in [0.1, 0.15) is 29.7 Å². The predicted octanol–water partition coefficient (Wildman–Crippen LogP) is 8.40. The highest BCUT2D eigenvalue weighted by molar-refractivity contribution is 7.04. The van der Waals surface area contributed by atoms with Crippen molar-refractivity contribution in [3.8, 4) is 0 Å². The molecule has 1 unspecified atom stereocenters. The van der Waals surface area contributed by atoms with Gasteiger partial charge in [0, 0.05) is 5.19 Å². The summed E-state index contributed by atoms with van der Waals surface area (Å²) in [5, 5.41) is 3.26. The van der Waals surface area contributed by atoms with Crippen LogP contribution in [0.25, 0.3) is 0 Å². The summed E-state index contributed by atoms with van der Waals surface area (Å²) in [4.78, 5) is 0. The Labute approximate surface area is 264 Å². The van der Waals surface area contributed by atoms with E-state index in [4.69, 9.17) is 16.5 Å². The average Bonchev–Trinajstić information content (AvgIpc) is 2.89. The number of benzene rings is 3. The molecular formula is C33H58O4Si5. The first-order chi connectivity index (χ1) is 17.8. The van der Waals surface area contributed by atoms with E-state index >= 15 is 0 Å². The van der Waals surface area contributed by atoms with Crippen molar-refractivity contribution in [1.29, 1.82) is 0 Å². The van der Waals surface area contributed by atoms with Gasteiger partial charge in [0.05, 0.1) is 0 Å². The summed E-state index contributed by atoms with van der Waals surface area (Å²) in [5.41, 5.74) is 3.90. The predicted molar refractivity (Wildman–Crippen MR) is 200 cm³/mol. The summed E-state index contributed by atoms with van der Waals surface area (Å²) >= 11 is 0. The van der Waals surface area contributed by atoms with Crippen LogP contribution in [-0.2, 0) is 16.5 Å². The van der Waals surface area contributed by atoms with Gasteiger partial charge < -0.3 is 16.5 Å². The zero-order valence-corrected chi connectivity index (χ0v) is 28.9. The third-order valence-corrected chi connectivity index (χ3v) is 25.3. The lowest BCUT2D eigenvalue weighted by Crippen LogP contribution is -2.74. The maximum atomic E-state index is 7.57. The van der Waals surface area contributed by atoms with Crippen molar-refractivity contribution < 1.29 is 16.5 Å². The van der Waals surface area contributed by atoms with Crippen molar-refractivity contribution in [2.45, 2.75) is 75.5 Å². The van der Waals surface area contributed by atoms with Crippen LogP contribution in [0.5, 0.6) is 0 Å². The largest absolute Gasteiger partial charge is 0.508 e. The van der Waals surface area contributed by atoms with Crippen LogP contribution in [0.4, 0.5) is 0 Å². The maximum absolute atomic E-state index is 7.57. The number of hydrogen-bond acceptors (Lipinski definition) is 4. The van der Waals surface area contributed by atoms with Crippen LogP contribution in [0, 0.1) is 0 Å². The van der Waals surface area contributed by atoms with Gasteiger partial charge in [0.15, 0.2) is 8.32 Å². The Hall–Kier alpha value is -1.94. The van der Waals surface area contributed by atoms with Crippen molar-refractivity contribution in [2.75, 3.05) is 0 Å². The molecule has 1 atom stereocenters. The molecule has 3 aromatic rings. The Morgan fingerprint density at radius 3 is 1.14 bits per heavy atom. The molecule has 0 saturated heterocycles. The molecule has 0 bridgehead atoms. The Kier molecular flexibility index (Phi) is 16.9. The number of hydrogen-bond donors (Lipinski definition) is 0. The highest BCUT2D eigenvalue weighted by Gasteiger charge is 2.57. The summed E-state index contributed by atoms with van der Waals surface area (Å²) in [6, 6.07) is 31.2. The van der Waals surface area contributed by atoms with Gasteiger partial charge in [-0.25, -0.2) is 0 Å². The van der Waals surface area contributed by atoms with Crippen LogP contribution >= 0.6 is 0 Å². The molecule has 0 radical (unpaired) electrons. The van der Waals surface area contributed by atoms with Crippen molar-refractivity contribution in [1.82, 2.24) is 0 Å². The molecule has 0 aliphatic carbocycles. The fraction of sp³-hybridized carbons (Fsp3) is 0.333. The highest BCUT2D eigenvalue weighted by atomic mass is 28.5. The maximum Gasteiger partial charge on any atom is 0.508 e. The van der Waals surface area contributed by atoms with E-state index < -0.39 is 42.3 Å². The molecule has 0 amide bonds. The normalized spacial score (nSPS) is 13.1. The fourth-order valence-electron chi connectivity index (χ4n) is 4.35. The lowest BCUT2D eigenvalue weighted by atomic mass is 10.4. The smallest absolute Gasteiger partial charge is 0.433 e. The second-order valence-electron chi connectivity index (χ2n) is 11.1. The fourth-order valence-corrected chi connectivity index (χ4v) is 24.7. The van der Waals surface area contributed by atoms with E-state index in [0.29, 0.717) is 0 Å². The minimum Gasteiger partial charge on any atom is -0.433 e. The highest BCUT2D eigenvalue weighted by Crippen LogP contribution is 2.28.